The maximum absolute atomic E-state index is 9.55. The Hall–Kier alpha value is -1.71. The van der Waals surface area contributed by atoms with Crippen molar-refractivity contribution < 1.29 is 29.3 Å². The van der Waals surface area contributed by atoms with E-state index in [-0.39, 0.29) is 31.2 Å². The van der Waals surface area contributed by atoms with Gasteiger partial charge in [-0.15, -0.1) is 0 Å². The molecule has 0 unspecified atom stereocenters. The van der Waals surface area contributed by atoms with Gasteiger partial charge in [-0.25, -0.2) is 9.59 Å². The predicted octanol–water partition coefficient (Wildman–Crippen LogP) is 5.77. The van der Waals surface area contributed by atoms with Crippen LogP contribution in [0.25, 0.3) is 0 Å². The number of morpholine rings is 1. The van der Waals surface area contributed by atoms with Crippen molar-refractivity contribution in [2.24, 2.45) is 0 Å². The van der Waals surface area contributed by atoms with Gasteiger partial charge in [-0.2, -0.15) is 0 Å². The number of hydrogen-bond donors (Lipinski definition) is 3. The van der Waals surface area contributed by atoms with E-state index < -0.39 is 18.0 Å². The standard InChI is InChI=1S/C17H14Cl5NO2.C4H4O4/c18-12-11(13(19)15(21)16(22)14(12)20)17(10-8-23-6-7-24-10)25-9-4-2-1-3-5-9;5-3(6)1-2-4(7)8/h1-5,10,17,23H,6-8H2;1-2H,(H,5,6)(H,7,8)/b;2-1+/t10-,17+;/m0./s1. The van der Waals surface area contributed by atoms with E-state index in [1.165, 1.54) is 0 Å². The summed E-state index contributed by atoms with van der Waals surface area (Å²) in [5.41, 5.74) is 0.459. The summed E-state index contributed by atoms with van der Waals surface area (Å²) < 4.78 is 12.0. The van der Waals surface area contributed by atoms with Crippen molar-refractivity contribution in [1.29, 1.82) is 0 Å². The van der Waals surface area contributed by atoms with Crippen LogP contribution in [0.2, 0.25) is 25.1 Å². The molecule has 0 amide bonds. The summed E-state index contributed by atoms with van der Waals surface area (Å²) in [5, 5.41) is 19.7. The lowest BCUT2D eigenvalue weighted by atomic mass is 10.0. The molecule has 7 nitrogen and oxygen atoms in total. The molecule has 0 aliphatic carbocycles. The molecule has 2 aromatic rings. The summed E-state index contributed by atoms with van der Waals surface area (Å²) in [6.45, 7) is 1.88. The van der Waals surface area contributed by atoms with Crippen molar-refractivity contribution in [3.8, 4) is 5.75 Å². The summed E-state index contributed by atoms with van der Waals surface area (Å²) in [4.78, 5) is 19.1. The molecule has 3 rings (SSSR count). The highest BCUT2D eigenvalue weighted by molar-refractivity contribution is 6.55. The molecule has 1 heterocycles. The van der Waals surface area contributed by atoms with E-state index >= 15 is 0 Å². The Balaban J connectivity index is 0.000000414. The minimum absolute atomic E-state index is 0.114. The minimum atomic E-state index is -1.26. The molecule has 12 heteroatoms. The molecule has 1 aliphatic rings. The Labute approximate surface area is 214 Å². The third-order valence-electron chi connectivity index (χ3n) is 4.20. The number of carbonyl (C=O) groups is 2. The van der Waals surface area contributed by atoms with Gasteiger partial charge in [0.1, 0.15) is 11.9 Å². The second kappa shape index (κ2) is 13.2. The Morgan fingerprint density at radius 1 is 0.939 bits per heavy atom. The molecule has 1 fully saturated rings. The number of hydrogen-bond acceptors (Lipinski definition) is 5. The maximum atomic E-state index is 9.55. The van der Waals surface area contributed by atoms with Crippen molar-refractivity contribution in [2.75, 3.05) is 19.7 Å². The van der Waals surface area contributed by atoms with E-state index in [2.05, 4.69) is 5.32 Å². The van der Waals surface area contributed by atoms with Gasteiger partial charge in [-0.3, -0.25) is 0 Å². The predicted molar refractivity (Wildman–Crippen MR) is 128 cm³/mol. The van der Waals surface area contributed by atoms with Crippen LogP contribution >= 0.6 is 58.0 Å². The summed E-state index contributed by atoms with van der Waals surface area (Å²) in [6.07, 6.45) is 0.185. The van der Waals surface area contributed by atoms with Crippen LogP contribution in [-0.2, 0) is 14.3 Å². The van der Waals surface area contributed by atoms with Gasteiger partial charge in [0.2, 0.25) is 0 Å². The quantitative estimate of drug-likeness (QED) is 0.235. The number of para-hydroxylation sites is 1. The molecule has 1 aliphatic heterocycles. The fourth-order valence-electron chi connectivity index (χ4n) is 2.76. The van der Waals surface area contributed by atoms with Crippen molar-refractivity contribution in [3.63, 3.8) is 0 Å². The zero-order valence-electron chi connectivity index (χ0n) is 16.7. The highest BCUT2D eigenvalue weighted by atomic mass is 35.5. The summed E-state index contributed by atoms with van der Waals surface area (Å²) >= 11 is 31.4. The molecule has 2 aromatic carbocycles. The van der Waals surface area contributed by atoms with Gasteiger partial charge in [0.15, 0.2) is 6.10 Å². The van der Waals surface area contributed by atoms with Crippen LogP contribution in [0.4, 0.5) is 0 Å². The van der Waals surface area contributed by atoms with E-state index in [9.17, 15) is 9.59 Å². The van der Waals surface area contributed by atoms with Gasteiger partial charge in [0.05, 0.1) is 31.7 Å². The highest BCUT2D eigenvalue weighted by Gasteiger charge is 2.34. The number of carboxylic acid groups (broad SMARTS) is 2. The molecule has 0 spiro atoms. The third kappa shape index (κ3) is 7.93. The Morgan fingerprint density at radius 2 is 1.45 bits per heavy atom. The average Bonchev–Trinajstić information content (AvgIpc) is 2.81. The van der Waals surface area contributed by atoms with Gasteiger partial charge >= 0.3 is 11.9 Å². The van der Waals surface area contributed by atoms with Crippen LogP contribution in [0.15, 0.2) is 42.5 Å². The number of benzene rings is 2. The van der Waals surface area contributed by atoms with E-state index in [0.29, 0.717) is 36.6 Å². The molecule has 0 radical (unpaired) electrons. The van der Waals surface area contributed by atoms with Crippen molar-refractivity contribution in [2.45, 2.75) is 12.2 Å². The Morgan fingerprint density at radius 3 is 1.91 bits per heavy atom. The van der Waals surface area contributed by atoms with E-state index in [4.69, 9.17) is 77.7 Å². The summed E-state index contributed by atoms with van der Waals surface area (Å²) in [6, 6.07) is 9.32. The lowest BCUT2D eigenvalue weighted by Crippen LogP contribution is -2.43. The van der Waals surface area contributed by atoms with Gasteiger partial charge in [-0.1, -0.05) is 76.2 Å². The molecule has 1 saturated heterocycles. The molecule has 2 atom stereocenters. The molecule has 3 N–H and O–H groups in total. The first kappa shape index (κ1) is 27.5. The number of carboxylic acids is 2. The van der Waals surface area contributed by atoms with Crippen LogP contribution in [0, 0.1) is 0 Å². The Kier molecular flexibility index (Phi) is 11.1. The summed E-state index contributed by atoms with van der Waals surface area (Å²) in [5.74, 6) is -1.86. The largest absolute Gasteiger partial charge is 0.483 e. The van der Waals surface area contributed by atoms with Gasteiger partial charge in [-0.05, 0) is 12.1 Å². The molecule has 0 bridgehead atoms. The minimum Gasteiger partial charge on any atom is -0.483 e. The first-order valence-electron chi connectivity index (χ1n) is 9.32. The van der Waals surface area contributed by atoms with Gasteiger partial charge in [0, 0.05) is 30.8 Å². The van der Waals surface area contributed by atoms with Crippen molar-refractivity contribution in [1.82, 2.24) is 5.32 Å². The molecular formula is C21H18Cl5NO6. The molecule has 178 valence electrons. The van der Waals surface area contributed by atoms with Gasteiger partial charge < -0.3 is 25.0 Å². The zero-order chi connectivity index (χ0) is 24.5. The number of ether oxygens (including phenoxy) is 2. The van der Waals surface area contributed by atoms with E-state index in [1.807, 2.05) is 30.3 Å². The fourth-order valence-corrected chi connectivity index (χ4v) is 4.13. The smallest absolute Gasteiger partial charge is 0.328 e. The topological polar surface area (TPSA) is 105 Å². The average molecular weight is 558 g/mol. The molecule has 0 aromatic heterocycles. The highest BCUT2D eigenvalue weighted by Crippen LogP contribution is 2.47. The number of halogens is 5. The van der Waals surface area contributed by atoms with Crippen LogP contribution in [0.1, 0.15) is 11.7 Å². The third-order valence-corrected chi connectivity index (χ3v) is 6.50. The number of aliphatic carboxylic acids is 2. The van der Waals surface area contributed by atoms with Crippen LogP contribution < -0.4 is 10.1 Å². The Bertz CT molecular complexity index is 967. The SMILES string of the molecule is Clc1c(Cl)c(Cl)c([C@H](Oc2ccccc2)[C@@H]2CNCCO2)c(Cl)c1Cl.O=C(O)/C=C/C(=O)O. The normalized spacial score (nSPS) is 16.6. The second-order valence-electron chi connectivity index (χ2n) is 6.46. The molecule has 0 saturated carbocycles. The first-order chi connectivity index (χ1) is 15.6. The van der Waals surface area contributed by atoms with Crippen LogP contribution in [0.3, 0.4) is 0 Å². The zero-order valence-corrected chi connectivity index (χ0v) is 20.5. The van der Waals surface area contributed by atoms with Crippen LogP contribution in [0.5, 0.6) is 5.75 Å². The molecule has 33 heavy (non-hydrogen) atoms. The number of rotatable bonds is 6. The van der Waals surface area contributed by atoms with E-state index in [1.54, 1.807) is 0 Å². The lowest BCUT2D eigenvalue weighted by Gasteiger charge is -2.33. The number of nitrogens with one attached hydrogen (secondary N) is 1. The van der Waals surface area contributed by atoms with Crippen molar-refractivity contribution >= 4 is 69.9 Å². The van der Waals surface area contributed by atoms with Gasteiger partial charge in [0.25, 0.3) is 0 Å². The lowest BCUT2D eigenvalue weighted by molar-refractivity contribution is -0.134. The monoisotopic (exact) mass is 555 g/mol. The van der Waals surface area contributed by atoms with Crippen molar-refractivity contribution in [3.05, 3.63) is 73.2 Å². The fraction of sp³-hybridized carbons (Fsp3) is 0.238. The first-order valence-corrected chi connectivity index (χ1v) is 11.2. The molecular weight excluding hydrogens is 539 g/mol. The second-order valence-corrected chi connectivity index (χ2v) is 8.35. The van der Waals surface area contributed by atoms with Crippen LogP contribution in [-0.4, -0.2) is 48.0 Å². The summed E-state index contributed by atoms with van der Waals surface area (Å²) in [7, 11) is 0. The van der Waals surface area contributed by atoms with E-state index in [0.717, 1.165) is 6.54 Å². The maximum Gasteiger partial charge on any atom is 0.328 e.